The number of fused-ring (bicyclic) bond motifs is 6. The number of nitro benzene ring substituents is 1. The third-order valence-electron chi connectivity index (χ3n) is 5.73. The molecule has 0 aliphatic carbocycles. The van der Waals surface area contributed by atoms with Crippen molar-refractivity contribution in [1.82, 2.24) is 9.88 Å². The van der Waals surface area contributed by atoms with Crippen LogP contribution in [0, 0.1) is 10.1 Å². The van der Waals surface area contributed by atoms with E-state index >= 15 is 0 Å². The Balaban J connectivity index is 1.72. The van der Waals surface area contributed by atoms with Gasteiger partial charge in [0.1, 0.15) is 6.17 Å². The molecule has 7 nitrogen and oxygen atoms in total. The molecule has 1 atom stereocenters. The van der Waals surface area contributed by atoms with E-state index in [1.165, 1.54) is 6.07 Å². The first kappa shape index (κ1) is 17.5. The van der Waals surface area contributed by atoms with Crippen molar-refractivity contribution in [2.45, 2.75) is 19.5 Å². The van der Waals surface area contributed by atoms with Gasteiger partial charge in [0.2, 0.25) is 0 Å². The minimum absolute atomic E-state index is 0.0128. The summed E-state index contributed by atoms with van der Waals surface area (Å²) in [6.45, 7) is 7.23. The molecule has 0 saturated heterocycles. The number of rotatable bonds is 3. The molecule has 5 rings (SSSR count). The summed E-state index contributed by atoms with van der Waals surface area (Å²) in [4.78, 5) is 31.6. The zero-order valence-electron chi connectivity index (χ0n) is 16.0. The van der Waals surface area contributed by atoms with Crippen molar-refractivity contribution in [1.29, 1.82) is 0 Å². The van der Waals surface area contributed by atoms with Crippen LogP contribution in [-0.4, -0.2) is 33.8 Å². The van der Waals surface area contributed by atoms with E-state index in [0.29, 0.717) is 25.1 Å². The maximum atomic E-state index is 13.2. The molecule has 2 aliphatic rings. The third kappa shape index (κ3) is 2.54. The smallest absolute Gasteiger partial charge is 0.270 e. The van der Waals surface area contributed by atoms with Gasteiger partial charge in [-0.3, -0.25) is 14.9 Å². The molecular weight excluding hydrogens is 368 g/mol. The van der Waals surface area contributed by atoms with Gasteiger partial charge in [0.25, 0.3) is 11.6 Å². The van der Waals surface area contributed by atoms with E-state index in [4.69, 9.17) is 0 Å². The van der Waals surface area contributed by atoms with E-state index in [2.05, 4.69) is 16.5 Å². The lowest BCUT2D eigenvalue weighted by atomic mass is 9.95. The van der Waals surface area contributed by atoms with Crippen LogP contribution in [0.5, 0.6) is 0 Å². The topological polar surface area (TPSA) is 82.5 Å². The number of nitrogens with one attached hydrogen (secondary N) is 1. The van der Waals surface area contributed by atoms with Crippen LogP contribution in [0.1, 0.15) is 34.7 Å². The van der Waals surface area contributed by atoms with E-state index in [1.807, 2.05) is 36.1 Å². The van der Waals surface area contributed by atoms with Crippen LogP contribution in [0.25, 0.3) is 10.9 Å². The number of amides is 1. The summed E-state index contributed by atoms with van der Waals surface area (Å²) in [6, 6.07) is 12.5. The van der Waals surface area contributed by atoms with Crippen molar-refractivity contribution in [3.8, 4) is 0 Å². The van der Waals surface area contributed by atoms with Gasteiger partial charge >= 0.3 is 0 Å². The lowest BCUT2D eigenvalue weighted by Gasteiger charge is -2.47. The lowest BCUT2D eigenvalue weighted by Crippen LogP contribution is -2.52. The number of carbonyl (C=O) groups is 1. The van der Waals surface area contributed by atoms with Crippen LogP contribution in [0.15, 0.2) is 54.6 Å². The molecule has 1 aromatic heterocycles. The summed E-state index contributed by atoms with van der Waals surface area (Å²) in [7, 11) is 0. The molecule has 146 valence electrons. The number of H-pyrrole nitrogens is 1. The van der Waals surface area contributed by atoms with E-state index < -0.39 is 0 Å². The number of aromatic amines is 1. The van der Waals surface area contributed by atoms with Crippen molar-refractivity contribution in [2.75, 3.05) is 18.0 Å². The van der Waals surface area contributed by atoms with Gasteiger partial charge in [-0.25, -0.2) is 0 Å². The number of nitrogens with zero attached hydrogens (tertiary/aromatic N) is 3. The van der Waals surface area contributed by atoms with Crippen LogP contribution in [0.2, 0.25) is 0 Å². The average molecular weight is 388 g/mol. The van der Waals surface area contributed by atoms with Gasteiger partial charge in [-0.05, 0) is 37.1 Å². The van der Waals surface area contributed by atoms with Crippen LogP contribution in [0.3, 0.4) is 0 Å². The second-order valence-electron chi connectivity index (χ2n) is 7.73. The summed E-state index contributed by atoms with van der Waals surface area (Å²) in [5.74, 6) is 0.0128. The van der Waals surface area contributed by atoms with E-state index in [1.54, 1.807) is 12.1 Å². The minimum Gasteiger partial charge on any atom is -0.355 e. The highest BCUT2D eigenvalue weighted by molar-refractivity contribution is 6.02. The van der Waals surface area contributed by atoms with Gasteiger partial charge in [-0.15, -0.1) is 0 Å². The Bertz CT molecular complexity index is 1200. The van der Waals surface area contributed by atoms with Crippen LogP contribution in [0.4, 0.5) is 11.4 Å². The summed E-state index contributed by atoms with van der Waals surface area (Å²) in [6.07, 6.45) is 0.367. The highest BCUT2D eigenvalue weighted by Gasteiger charge is 2.42. The van der Waals surface area contributed by atoms with Crippen LogP contribution >= 0.6 is 0 Å². The van der Waals surface area contributed by atoms with Crippen molar-refractivity contribution < 1.29 is 9.72 Å². The number of aromatic nitrogens is 1. The zero-order valence-corrected chi connectivity index (χ0v) is 16.0. The average Bonchev–Trinajstić information content (AvgIpc) is 3.08. The number of anilines is 1. The second-order valence-corrected chi connectivity index (χ2v) is 7.73. The number of hydrogen-bond acceptors (Lipinski definition) is 4. The van der Waals surface area contributed by atoms with Gasteiger partial charge in [0, 0.05) is 36.1 Å². The molecule has 1 N–H and O–H groups in total. The Morgan fingerprint density at radius 3 is 2.86 bits per heavy atom. The Morgan fingerprint density at radius 1 is 1.31 bits per heavy atom. The van der Waals surface area contributed by atoms with Gasteiger partial charge in [-0.1, -0.05) is 24.3 Å². The molecule has 0 fully saturated rings. The Hall–Kier alpha value is -3.61. The highest BCUT2D eigenvalue weighted by atomic mass is 16.6. The van der Waals surface area contributed by atoms with Gasteiger partial charge in [0.15, 0.2) is 0 Å². The molecule has 2 aromatic carbocycles. The molecule has 29 heavy (non-hydrogen) atoms. The predicted octanol–water partition coefficient (Wildman–Crippen LogP) is 4.17. The number of carbonyl (C=O) groups excluding carboxylic acids is 1. The molecule has 0 radical (unpaired) electrons. The molecular formula is C22H20N4O3. The molecule has 0 spiro atoms. The standard InChI is InChI=1S/C22H20N4O3/c1-13(2)12-25-19-6-4-3-5-16(19)22(27)24-10-9-15-17-11-14(26(28)29)7-8-18(17)23-20(15)21(24)25/h3-8,11,21,23H,1,9-10,12H2,2H3. The second kappa shape index (κ2) is 6.20. The molecule has 3 heterocycles. The first-order valence-electron chi connectivity index (χ1n) is 9.55. The normalized spacial score (nSPS) is 17.7. The first-order chi connectivity index (χ1) is 14.0. The quantitative estimate of drug-likeness (QED) is 0.415. The SMILES string of the molecule is C=C(C)CN1c2ccccc2C(=O)N2CCc3c([nH]c4ccc([N+](=O)[O-])cc34)C21. The van der Waals surface area contributed by atoms with Gasteiger partial charge in [0.05, 0.1) is 21.9 Å². The number of nitro groups is 1. The summed E-state index contributed by atoms with van der Waals surface area (Å²) in [5.41, 5.74) is 5.47. The van der Waals surface area contributed by atoms with Gasteiger partial charge in [-0.2, -0.15) is 0 Å². The van der Waals surface area contributed by atoms with E-state index in [9.17, 15) is 14.9 Å². The molecule has 2 aliphatic heterocycles. The van der Waals surface area contributed by atoms with Crippen LogP contribution in [-0.2, 0) is 6.42 Å². The van der Waals surface area contributed by atoms with E-state index in [-0.39, 0.29) is 22.7 Å². The molecule has 0 bridgehead atoms. The fourth-order valence-electron chi connectivity index (χ4n) is 4.56. The lowest BCUT2D eigenvalue weighted by molar-refractivity contribution is -0.384. The molecule has 7 heteroatoms. The predicted molar refractivity (Wildman–Crippen MR) is 111 cm³/mol. The third-order valence-corrected chi connectivity index (χ3v) is 5.73. The summed E-state index contributed by atoms with van der Waals surface area (Å²) < 4.78 is 0. The molecule has 1 unspecified atom stereocenters. The molecule has 3 aromatic rings. The summed E-state index contributed by atoms with van der Waals surface area (Å²) in [5, 5.41) is 12.1. The van der Waals surface area contributed by atoms with E-state index in [0.717, 1.165) is 33.4 Å². The number of benzene rings is 2. The van der Waals surface area contributed by atoms with Crippen molar-refractivity contribution >= 4 is 28.2 Å². The van der Waals surface area contributed by atoms with Crippen molar-refractivity contribution in [2.24, 2.45) is 0 Å². The summed E-state index contributed by atoms with van der Waals surface area (Å²) >= 11 is 0. The fraction of sp³-hybridized carbons (Fsp3) is 0.227. The number of hydrogen-bond donors (Lipinski definition) is 1. The van der Waals surface area contributed by atoms with Gasteiger partial charge < -0.3 is 14.8 Å². The first-order valence-corrected chi connectivity index (χ1v) is 9.55. The number of para-hydroxylation sites is 1. The number of non-ortho nitro benzene ring substituents is 1. The van der Waals surface area contributed by atoms with Crippen molar-refractivity contribution in [3.63, 3.8) is 0 Å². The zero-order chi connectivity index (χ0) is 20.3. The monoisotopic (exact) mass is 388 g/mol. The maximum absolute atomic E-state index is 13.2. The maximum Gasteiger partial charge on any atom is 0.270 e. The van der Waals surface area contributed by atoms with Crippen LogP contribution < -0.4 is 4.90 Å². The Kier molecular flexibility index (Phi) is 3.74. The fourth-order valence-corrected chi connectivity index (χ4v) is 4.56. The molecule has 0 saturated carbocycles. The largest absolute Gasteiger partial charge is 0.355 e. The minimum atomic E-state index is -0.373. The van der Waals surface area contributed by atoms with Crippen molar-refractivity contribution in [3.05, 3.63) is 81.6 Å². The molecule has 1 amide bonds. The highest BCUT2D eigenvalue weighted by Crippen LogP contribution is 2.44. The Morgan fingerprint density at radius 2 is 2.10 bits per heavy atom. The Labute approximate surface area is 167 Å².